The Balaban J connectivity index is 0.000000956. The van der Waals surface area contributed by atoms with Gasteiger partial charge in [0.05, 0.1) is 12.7 Å². The average Bonchev–Trinajstić information content (AvgIpc) is 2.90. The molecule has 11 nitrogen and oxygen atoms in total. The van der Waals surface area contributed by atoms with Gasteiger partial charge in [0.2, 0.25) is 0 Å². The topological polar surface area (TPSA) is 189 Å². The number of aliphatic carboxylic acids is 1. The van der Waals surface area contributed by atoms with E-state index in [4.69, 9.17) is 30.5 Å². The lowest BCUT2D eigenvalue weighted by Crippen LogP contribution is -2.43. The number of ketones is 1. The Bertz CT molecular complexity index is 1150. The fourth-order valence-electron chi connectivity index (χ4n) is 2.64. The molecule has 0 saturated heterocycles. The summed E-state index contributed by atoms with van der Waals surface area (Å²) in [5.74, 6) is -4.03. The first-order chi connectivity index (χ1) is 18.2. The third-order valence-corrected chi connectivity index (χ3v) is 4.91. The number of esters is 1. The molecule has 0 spiro atoms. The van der Waals surface area contributed by atoms with Gasteiger partial charge < -0.3 is 30.7 Å². The number of nitrogens with two attached hydrogens (primary N) is 1. The molecule has 1 amide bonds. The molecule has 2 rings (SSSR count). The zero-order chi connectivity index (χ0) is 29.8. The Morgan fingerprint density at radius 1 is 1.00 bits per heavy atom. The van der Waals surface area contributed by atoms with Gasteiger partial charge in [-0.3, -0.25) is 15.0 Å². The number of amides is 1. The van der Waals surface area contributed by atoms with Crippen LogP contribution in [-0.2, 0) is 14.3 Å². The summed E-state index contributed by atoms with van der Waals surface area (Å²) in [6.07, 6.45) is -4.57. The molecule has 0 radical (unpaired) electrons. The number of nitrogens with one attached hydrogen (secondary N) is 2. The number of halogens is 3. The van der Waals surface area contributed by atoms with Crippen LogP contribution in [-0.4, -0.2) is 71.2 Å². The molecule has 14 heteroatoms. The number of carbonyl (C=O) groups is 4. The number of aliphatic hydroxyl groups excluding tert-OH is 1. The summed E-state index contributed by atoms with van der Waals surface area (Å²) in [5, 5.41) is 26.6. The van der Waals surface area contributed by atoms with E-state index in [1.165, 1.54) is 48.5 Å². The molecular weight excluding hydrogens is 527 g/mol. The zero-order valence-electron chi connectivity index (χ0n) is 20.9. The van der Waals surface area contributed by atoms with Gasteiger partial charge in [-0.25, -0.2) is 9.59 Å². The number of benzene rings is 2. The maximum absolute atomic E-state index is 12.7. The van der Waals surface area contributed by atoms with Crippen LogP contribution in [0.4, 0.5) is 13.2 Å². The van der Waals surface area contributed by atoms with E-state index in [1.807, 2.05) is 6.92 Å². The number of carboxylic acids is 1. The lowest BCUT2D eigenvalue weighted by Gasteiger charge is -2.16. The van der Waals surface area contributed by atoms with E-state index in [2.05, 4.69) is 5.32 Å². The molecule has 0 aliphatic rings. The monoisotopic (exact) mass is 555 g/mol. The third-order valence-electron chi connectivity index (χ3n) is 4.91. The van der Waals surface area contributed by atoms with Crippen LogP contribution >= 0.6 is 0 Å². The number of rotatable bonds is 11. The molecule has 0 saturated carbocycles. The van der Waals surface area contributed by atoms with Crippen molar-refractivity contribution in [3.05, 3.63) is 65.2 Å². The minimum Gasteiger partial charge on any atom is -0.482 e. The molecule has 39 heavy (non-hydrogen) atoms. The number of Topliss-reactive ketones (excluding diaryl/α,β-unsaturated/α-hetero) is 1. The molecule has 0 unspecified atom stereocenters. The summed E-state index contributed by atoms with van der Waals surface area (Å²) in [6, 6.07) is 10.8. The van der Waals surface area contributed by atoms with Crippen molar-refractivity contribution in [2.75, 3.05) is 13.2 Å². The second kappa shape index (κ2) is 15.1. The highest BCUT2D eigenvalue weighted by Crippen LogP contribution is 2.15. The highest BCUT2D eigenvalue weighted by molar-refractivity contribution is 6.04. The fraction of sp³-hybridized carbons (Fsp3) is 0.320. The molecular formula is C25H28F3N3O8. The van der Waals surface area contributed by atoms with Crippen molar-refractivity contribution in [3.8, 4) is 5.75 Å². The largest absolute Gasteiger partial charge is 0.490 e. The number of hydrogen-bond donors (Lipinski definition) is 5. The van der Waals surface area contributed by atoms with Crippen LogP contribution in [0.15, 0.2) is 48.5 Å². The SMILES string of the molecule is CC[C@H](C)OC(=O)COc1ccc(C(=O)[C@H](CO)NC(=O)c2ccc(C(=N)N)cc2)cc1.O=C(O)C(F)(F)F. The van der Waals surface area contributed by atoms with Crippen LogP contribution < -0.4 is 15.8 Å². The first-order valence-corrected chi connectivity index (χ1v) is 11.3. The van der Waals surface area contributed by atoms with Crippen molar-refractivity contribution in [3.63, 3.8) is 0 Å². The van der Waals surface area contributed by atoms with Gasteiger partial charge in [-0.1, -0.05) is 19.1 Å². The maximum Gasteiger partial charge on any atom is 0.490 e. The lowest BCUT2D eigenvalue weighted by atomic mass is 10.0. The Labute approximate surface area is 221 Å². The number of carbonyl (C=O) groups excluding carboxylic acids is 3. The van der Waals surface area contributed by atoms with Crippen LogP contribution in [0.5, 0.6) is 5.75 Å². The molecule has 212 valence electrons. The fourth-order valence-corrected chi connectivity index (χ4v) is 2.64. The molecule has 0 heterocycles. The van der Waals surface area contributed by atoms with Gasteiger partial charge in [-0.05, 0) is 49.7 Å². The second-order valence-electron chi connectivity index (χ2n) is 7.89. The first kappa shape index (κ1) is 32.6. The van der Waals surface area contributed by atoms with Crippen molar-refractivity contribution in [2.45, 2.75) is 38.6 Å². The van der Waals surface area contributed by atoms with E-state index in [9.17, 15) is 32.7 Å². The van der Waals surface area contributed by atoms with Crippen LogP contribution in [0, 0.1) is 5.41 Å². The summed E-state index contributed by atoms with van der Waals surface area (Å²) in [4.78, 5) is 45.7. The van der Waals surface area contributed by atoms with E-state index in [0.717, 1.165) is 0 Å². The number of nitrogen functional groups attached to an aromatic ring is 1. The number of alkyl halides is 3. The van der Waals surface area contributed by atoms with Crippen LogP contribution in [0.3, 0.4) is 0 Å². The van der Waals surface area contributed by atoms with Crippen LogP contribution in [0.2, 0.25) is 0 Å². The predicted octanol–water partition coefficient (Wildman–Crippen LogP) is 2.30. The molecule has 2 atom stereocenters. The molecule has 0 fully saturated rings. The average molecular weight is 556 g/mol. The molecule has 2 aromatic carbocycles. The molecule has 6 N–H and O–H groups in total. The standard InChI is InChI=1S/C23H27N3O6.C2HF3O2/c1-3-14(2)32-20(28)13-31-18-10-8-15(9-11-18)21(29)19(12-27)26-23(30)17-6-4-16(5-7-17)22(24)25;3-2(4,5)1(6)7/h4-11,14,19,27H,3,12-13H2,1-2H3,(H3,24,25)(H,26,30);(H,6,7)/t14-,19-;/m0./s1. The second-order valence-corrected chi connectivity index (χ2v) is 7.89. The molecule has 0 aromatic heterocycles. The van der Waals surface area contributed by atoms with Crippen molar-refractivity contribution in [1.82, 2.24) is 5.32 Å². The Morgan fingerprint density at radius 3 is 1.92 bits per heavy atom. The Kier molecular flexibility index (Phi) is 12.6. The van der Waals surface area contributed by atoms with Crippen molar-refractivity contribution in [1.29, 1.82) is 5.41 Å². The third kappa shape index (κ3) is 11.2. The van der Waals surface area contributed by atoms with E-state index in [1.54, 1.807) is 6.92 Å². The Hall–Kier alpha value is -4.46. The summed E-state index contributed by atoms with van der Waals surface area (Å²) < 4.78 is 42.2. The van der Waals surface area contributed by atoms with Crippen molar-refractivity contribution in [2.24, 2.45) is 5.73 Å². The van der Waals surface area contributed by atoms with E-state index in [0.29, 0.717) is 17.7 Å². The Morgan fingerprint density at radius 2 is 1.49 bits per heavy atom. The van der Waals surface area contributed by atoms with Gasteiger partial charge in [0.1, 0.15) is 17.6 Å². The molecule has 2 aromatic rings. The number of amidine groups is 1. The summed E-state index contributed by atoms with van der Waals surface area (Å²) in [6.45, 7) is 2.85. The summed E-state index contributed by atoms with van der Waals surface area (Å²) in [5.41, 5.74) is 6.37. The van der Waals surface area contributed by atoms with E-state index in [-0.39, 0.29) is 29.7 Å². The maximum atomic E-state index is 12.7. The summed E-state index contributed by atoms with van der Waals surface area (Å²) >= 11 is 0. The van der Waals surface area contributed by atoms with Gasteiger partial charge in [0.25, 0.3) is 5.91 Å². The van der Waals surface area contributed by atoms with Gasteiger partial charge >= 0.3 is 18.1 Å². The van der Waals surface area contributed by atoms with E-state index < -0.39 is 42.5 Å². The first-order valence-electron chi connectivity index (χ1n) is 11.3. The predicted molar refractivity (Wildman–Crippen MR) is 132 cm³/mol. The quantitative estimate of drug-likeness (QED) is 0.120. The number of ether oxygens (including phenoxy) is 2. The van der Waals surface area contributed by atoms with Gasteiger partial charge in [-0.2, -0.15) is 13.2 Å². The van der Waals surface area contributed by atoms with Gasteiger partial charge in [0.15, 0.2) is 12.4 Å². The molecule has 0 aliphatic heterocycles. The van der Waals surface area contributed by atoms with E-state index >= 15 is 0 Å². The normalized spacial score (nSPS) is 12.2. The number of carboxylic acid groups (broad SMARTS) is 1. The van der Waals surface area contributed by atoms with Crippen molar-refractivity contribution >= 4 is 29.5 Å². The van der Waals surface area contributed by atoms with Gasteiger partial charge in [-0.15, -0.1) is 0 Å². The van der Waals surface area contributed by atoms with Crippen LogP contribution in [0.1, 0.15) is 46.5 Å². The van der Waals surface area contributed by atoms with Crippen molar-refractivity contribution < 1.29 is 52.0 Å². The highest BCUT2D eigenvalue weighted by atomic mass is 19.4. The lowest BCUT2D eigenvalue weighted by molar-refractivity contribution is -0.192. The molecule has 0 bridgehead atoms. The smallest absolute Gasteiger partial charge is 0.482 e. The minimum absolute atomic E-state index is 0.125. The number of hydrogen-bond acceptors (Lipinski definition) is 8. The minimum atomic E-state index is -5.08. The summed E-state index contributed by atoms with van der Waals surface area (Å²) in [7, 11) is 0. The van der Waals surface area contributed by atoms with Gasteiger partial charge in [0, 0.05) is 16.7 Å². The number of aliphatic hydroxyl groups is 1. The molecule has 0 aliphatic carbocycles. The highest BCUT2D eigenvalue weighted by Gasteiger charge is 2.38. The zero-order valence-corrected chi connectivity index (χ0v) is 20.9. The van der Waals surface area contributed by atoms with Crippen LogP contribution in [0.25, 0.3) is 0 Å².